The molecule has 6 heteroatoms. The summed E-state index contributed by atoms with van der Waals surface area (Å²) < 4.78 is 13.8. The van der Waals surface area contributed by atoms with E-state index in [4.69, 9.17) is 16.7 Å². The number of amides is 1. The van der Waals surface area contributed by atoms with Crippen LogP contribution in [-0.2, 0) is 4.79 Å². The van der Waals surface area contributed by atoms with Crippen molar-refractivity contribution in [2.24, 2.45) is 0 Å². The van der Waals surface area contributed by atoms with Crippen LogP contribution in [0.25, 0.3) is 0 Å². The predicted octanol–water partition coefficient (Wildman–Crippen LogP) is 3.42. The van der Waals surface area contributed by atoms with Crippen LogP contribution in [0.1, 0.15) is 28.4 Å². The molecule has 2 aromatic carbocycles. The Bertz CT molecular complexity index is 671. The molecule has 0 saturated heterocycles. The number of carbonyl (C=O) groups excluding carboxylic acids is 1. The molecule has 0 aliphatic rings. The van der Waals surface area contributed by atoms with E-state index in [1.807, 2.05) is 0 Å². The van der Waals surface area contributed by atoms with Crippen molar-refractivity contribution in [1.82, 2.24) is 5.32 Å². The standard InChI is InChI=1S/C16H13ClFNO3/c17-11-7-4-8-12(18)15(11)16(22)19-13(9-14(20)21)10-5-2-1-3-6-10/h1-8,13H,9H2,(H,19,22)(H,20,21). The van der Waals surface area contributed by atoms with Gasteiger partial charge < -0.3 is 10.4 Å². The molecule has 0 saturated carbocycles. The molecule has 0 heterocycles. The first kappa shape index (κ1) is 16.0. The highest BCUT2D eigenvalue weighted by Crippen LogP contribution is 2.22. The zero-order valence-electron chi connectivity index (χ0n) is 11.4. The van der Waals surface area contributed by atoms with Gasteiger partial charge in [0, 0.05) is 0 Å². The fraction of sp³-hybridized carbons (Fsp3) is 0.125. The molecule has 0 aliphatic heterocycles. The third kappa shape index (κ3) is 3.83. The Kier molecular flexibility index (Phi) is 5.12. The second-order valence-electron chi connectivity index (χ2n) is 4.63. The van der Waals surface area contributed by atoms with Crippen LogP contribution in [0.3, 0.4) is 0 Å². The number of hydrogen-bond acceptors (Lipinski definition) is 2. The van der Waals surface area contributed by atoms with Gasteiger partial charge in [-0.15, -0.1) is 0 Å². The topological polar surface area (TPSA) is 66.4 Å². The minimum absolute atomic E-state index is 0.0281. The number of nitrogens with one attached hydrogen (secondary N) is 1. The normalized spacial score (nSPS) is 11.7. The lowest BCUT2D eigenvalue weighted by Gasteiger charge is -2.18. The number of hydrogen-bond donors (Lipinski definition) is 2. The van der Waals surface area contributed by atoms with Gasteiger partial charge in [-0.05, 0) is 17.7 Å². The van der Waals surface area contributed by atoms with Crippen molar-refractivity contribution in [3.63, 3.8) is 0 Å². The SMILES string of the molecule is O=C(O)CC(NC(=O)c1c(F)cccc1Cl)c1ccccc1. The van der Waals surface area contributed by atoms with E-state index < -0.39 is 23.7 Å². The molecule has 2 N–H and O–H groups in total. The molecule has 2 rings (SSSR count). The molecule has 1 amide bonds. The van der Waals surface area contributed by atoms with Crippen molar-refractivity contribution in [3.05, 3.63) is 70.5 Å². The average molecular weight is 322 g/mol. The van der Waals surface area contributed by atoms with Gasteiger partial charge in [-0.2, -0.15) is 0 Å². The predicted molar refractivity (Wildman–Crippen MR) is 80.3 cm³/mol. The highest BCUT2D eigenvalue weighted by molar-refractivity contribution is 6.33. The zero-order chi connectivity index (χ0) is 16.1. The molecule has 22 heavy (non-hydrogen) atoms. The van der Waals surface area contributed by atoms with Gasteiger partial charge in [0.05, 0.1) is 23.0 Å². The summed E-state index contributed by atoms with van der Waals surface area (Å²) in [7, 11) is 0. The van der Waals surface area contributed by atoms with Gasteiger partial charge in [0.25, 0.3) is 5.91 Å². The lowest BCUT2D eigenvalue weighted by atomic mass is 10.0. The molecular formula is C16H13ClFNO3. The number of rotatable bonds is 5. The molecule has 0 spiro atoms. The van der Waals surface area contributed by atoms with Crippen molar-refractivity contribution in [2.45, 2.75) is 12.5 Å². The number of carbonyl (C=O) groups is 2. The van der Waals surface area contributed by atoms with E-state index in [0.29, 0.717) is 5.56 Å². The van der Waals surface area contributed by atoms with E-state index in [1.54, 1.807) is 30.3 Å². The number of carboxylic acid groups (broad SMARTS) is 1. The van der Waals surface area contributed by atoms with Crippen LogP contribution in [0, 0.1) is 5.82 Å². The van der Waals surface area contributed by atoms with Crippen molar-refractivity contribution in [1.29, 1.82) is 0 Å². The Morgan fingerprint density at radius 1 is 1.14 bits per heavy atom. The highest BCUT2D eigenvalue weighted by atomic mass is 35.5. The largest absolute Gasteiger partial charge is 0.481 e. The Morgan fingerprint density at radius 3 is 2.41 bits per heavy atom. The van der Waals surface area contributed by atoms with Crippen LogP contribution < -0.4 is 5.32 Å². The molecule has 0 bridgehead atoms. The maximum Gasteiger partial charge on any atom is 0.305 e. The molecule has 114 valence electrons. The molecule has 0 fully saturated rings. The van der Waals surface area contributed by atoms with E-state index in [0.717, 1.165) is 6.07 Å². The van der Waals surface area contributed by atoms with Gasteiger partial charge >= 0.3 is 5.97 Å². The summed E-state index contributed by atoms with van der Waals surface area (Å²) >= 11 is 5.84. The van der Waals surface area contributed by atoms with Crippen LogP contribution in [0.2, 0.25) is 5.02 Å². The smallest absolute Gasteiger partial charge is 0.305 e. The van der Waals surface area contributed by atoms with Crippen LogP contribution >= 0.6 is 11.6 Å². The molecule has 0 radical (unpaired) electrons. The van der Waals surface area contributed by atoms with Crippen LogP contribution in [0.15, 0.2) is 48.5 Å². The summed E-state index contributed by atoms with van der Waals surface area (Å²) in [6.45, 7) is 0. The van der Waals surface area contributed by atoms with Gasteiger partial charge in [0.1, 0.15) is 5.82 Å². The quantitative estimate of drug-likeness (QED) is 0.886. The summed E-state index contributed by atoms with van der Waals surface area (Å²) in [6.07, 6.45) is -0.318. The van der Waals surface area contributed by atoms with Gasteiger partial charge in [0.2, 0.25) is 0 Å². The number of carboxylic acids is 1. The van der Waals surface area contributed by atoms with Crippen LogP contribution in [0.5, 0.6) is 0 Å². The van der Waals surface area contributed by atoms with Crippen LogP contribution in [-0.4, -0.2) is 17.0 Å². The monoisotopic (exact) mass is 321 g/mol. The van der Waals surface area contributed by atoms with E-state index in [2.05, 4.69) is 5.32 Å². The molecular weight excluding hydrogens is 309 g/mol. The first-order valence-corrected chi connectivity index (χ1v) is 6.88. The van der Waals surface area contributed by atoms with Crippen molar-refractivity contribution < 1.29 is 19.1 Å². The zero-order valence-corrected chi connectivity index (χ0v) is 12.2. The Labute approximate surface area is 131 Å². The molecule has 0 aliphatic carbocycles. The van der Waals surface area contributed by atoms with E-state index in [1.165, 1.54) is 12.1 Å². The summed E-state index contributed by atoms with van der Waals surface area (Å²) in [5.41, 5.74) is 0.321. The second-order valence-corrected chi connectivity index (χ2v) is 5.04. The molecule has 2 aromatic rings. The third-order valence-corrected chi connectivity index (χ3v) is 3.39. The lowest BCUT2D eigenvalue weighted by Crippen LogP contribution is -2.31. The number of benzene rings is 2. The maximum absolute atomic E-state index is 13.8. The molecule has 4 nitrogen and oxygen atoms in total. The Hall–Kier alpha value is -2.40. The summed E-state index contributed by atoms with van der Waals surface area (Å²) in [6, 6.07) is 11.7. The minimum atomic E-state index is -1.08. The molecule has 0 aromatic heterocycles. The summed E-state index contributed by atoms with van der Waals surface area (Å²) in [5.74, 6) is -2.58. The van der Waals surface area contributed by atoms with Crippen LogP contribution in [0.4, 0.5) is 4.39 Å². The second kappa shape index (κ2) is 7.04. The van der Waals surface area contributed by atoms with Crippen molar-refractivity contribution >= 4 is 23.5 Å². The van der Waals surface area contributed by atoms with E-state index in [-0.39, 0.29) is 17.0 Å². The Morgan fingerprint density at radius 2 is 1.82 bits per heavy atom. The first-order valence-electron chi connectivity index (χ1n) is 6.50. The first-order chi connectivity index (χ1) is 10.5. The summed E-state index contributed by atoms with van der Waals surface area (Å²) in [5, 5.41) is 11.5. The number of halogens is 2. The molecule has 1 atom stereocenters. The van der Waals surface area contributed by atoms with E-state index >= 15 is 0 Å². The van der Waals surface area contributed by atoms with Crippen molar-refractivity contribution in [2.75, 3.05) is 0 Å². The average Bonchev–Trinajstić information content (AvgIpc) is 2.47. The fourth-order valence-corrected chi connectivity index (χ4v) is 2.31. The lowest BCUT2D eigenvalue weighted by molar-refractivity contribution is -0.137. The third-order valence-electron chi connectivity index (χ3n) is 3.08. The summed E-state index contributed by atoms with van der Waals surface area (Å²) in [4.78, 5) is 23.2. The Balaban J connectivity index is 2.27. The van der Waals surface area contributed by atoms with Crippen molar-refractivity contribution in [3.8, 4) is 0 Å². The number of aliphatic carboxylic acids is 1. The van der Waals surface area contributed by atoms with Gasteiger partial charge in [-0.3, -0.25) is 9.59 Å². The minimum Gasteiger partial charge on any atom is -0.481 e. The van der Waals surface area contributed by atoms with Gasteiger partial charge in [-0.1, -0.05) is 48.0 Å². The van der Waals surface area contributed by atoms with Gasteiger partial charge in [-0.25, -0.2) is 4.39 Å². The fourth-order valence-electron chi connectivity index (χ4n) is 2.06. The van der Waals surface area contributed by atoms with Gasteiger partial charge in [0.15, 0.2) is 0 Å². The molecule has 1 unspecified atom stereocenters. The van der Waals surface area contributed by atoms with E-state index in [9.17, 15) is 14.0 Å². The highest BCUT2D eigenvalue weighted by Gasteiger charge is 2.22. The maximum atomic E-state index is 13.8.